The molecule has 0 amide bonds. The number of nitrogen functional groups attached to an aromatic ring is 1. The highest BCUT2D eigenvalue weighted by atomic mass is 35.5. The fourth-order valence-electron chi connectivity index (χ4n) is 1.58. The van der Waals surface area contributed by atoms with Crippen molar-refractivity contribution >= 4 is 17.5 Å². The average Bonchev–Trinajstić information content (AvgIpc) is 3.01. The maximum atomic E-state index is 5.99. The lowest BCUT2D eigenvalue weighted by atomic mass is 10.3. The molecule has 2 aromatic rings. The first kappa shape index (κ1) is 9.59. The lowest BCUT2D eigenvalue weighted by Crippen LogP contribution is -2.04. The molecule has 0 radical (unpaired) electrons. The summed E-state index contributed by atoms with van der Waals surface area (Å²) in [6, 6.07) is 1.99. The highest BCUT2D eigenvalue weighted by molar-refractivity contribution is 6.32. The van der Waals surface area contributed by atoms with E-state index in [-0.39, 0.29) is 5.95 Å². The van der Waals surface area contributed by atoms with E-state index in [1.807, 2.05) is 12.3 Å². The van der Waals surface area contributed by atoms with E-state index in [0.717, 1.165) is 5.69 Å². The summed E-state index contributed by atoms with van der Waals surface area (Å²) >= 11 is 5.99. The van der Waals surface area contributed by atoms with Crippen LogP contribution in [-0.4, -0.2) is 19.7 Å². The molecule has 0 aliphatic heterocycles. The summed E-state index contributed by atoms with van der Waals surface area (Å²) < 4.78 is 1.65. The number of aromatic nitrogens is 4. The van der Waals surface area contributed by atoms with Crippen molar-refractivity contribution in [3.63, 3.8) is 0 Å². The Morgan fingerprint density at radius 2 is 2.25 bits per heavy atom. The van der Waals surface area contributed by atoms with Crippen molar-refractivity contribution in [1.82, 2.24) is 19.7 Å². The van der Waals surface area contributed by atoms with Crippen LogP contribution in [0.2, 0.25) is 5.02 Å². The predicted octanol–water partition coefficient (Wildman–Crippen LogP) is 1.78. The van der Waals surface area contributed by atoms with E-state index in [0.29, 0.717) is 16.8 Å². The molecule has 0 spiro atoms. The van der Waals surface area contributed by atoms with Gasteiger partial charge in [0.1, 0.15) is 5.02 Å². The zero-order chi connectivity index (χ0) is 11.1. The second-order valence-electron chi connectivity index (χ2n) is 3.86. The maximum absolute atomic E-state index is 5.99. The van der Waals surface area contributed by atoms with Gasteiger partial charge in [0, 0.05) is 12.1 Å². The summed E-state index contributed by atoms with van der Waals surface area (Å²) in [5.74, 6) is 1.34. The van der Waals surface area contributed by atoms with E-state index in [4.69, 9.17) is 17.3 Å². The third kappa shape index (κ3) is 1.63. The van der Waals surface area contributed by atoms with Gasteiger partial charge in [-0.15, -0.1) is 0 Å². The lowest BCUT2D eigenvalue weighted by Gasteiger charge is -2.02. The molecule has 0 atom stereocenters. The minimum Gasteiger partial charge on any atom is -0.368 e. The summed E-state index contributed by atoms with van der Waals surface area (Å²) in [6.07, 6.45) is 5.77. The van der Waals surface area contributed by atoms with Gasteiger partial charge in [0.15, 0.2) is 5.82 Å². The highest BCUT2D eigenvalue weighted by Gasteiger charge is 2.26. The zero-order valence-electron chi connectivity index (χ0n) is 8.47. The Morgan fingerprint density at radius 1 is 1.44 bits per heavy atom. The van der Waals surface area contributed by atoms with Gasteiger partial charge in [-0.3, -0.25) is 0 Å². The summed E-state index contributed by atoms with van der Waals surface area (Å²) in [7, 11) is 0. The molecular weight excluding hydrogens is 226 g/mol. The van der Waals surface area contributed by atoms with Gasteiger partial charge in [0.2, 0.25) is 5.95 Å². The third-order valence-electron chi connectivity index (χ3n) is 2.57. The van der Waals surface area contributed by atoms with Crippen LogP contribution >= 0.6 is 11.6 Å². The topological polar surface area (TPSA) is 69.6 Å². The predicted molar refractivity (Wildman–Crippen MR) is 60.6 cm³/mol. The Morgan fingerprint density at radius 3 is 3.00 bits per heavy atom. The van der Waals surface area contributed by atoms with Gasteiger partial charge in [0.25, 0.3) is 0 Å². The summed E-state index contributed by atoms with van der Waals surface area (Å²) in [6.45, 7) is 0. The first-order valence-electron chi connectivity index (χ1n) is 5.08. The Hall–Kier alpha value is -1.62. The molecule has 0 saturated heterocycles. The molecule has 0 bridgehead atoms. The number of rotatable bonds is 2. The second-order valence-corrected chi connectivity index (χ2v) is 4.27. The average molecular weight is 236 g/mol. The van der Waals surface area contributed by atoms with Crippen molar-refractivity contribution in [2.24, 2.45) is 0 Å². The molecule has 3 rings (SSSR count). The van der Waals surface area contributed by atoms with E-state index >= 15 is 0 Å². The largest absolute Gasteiger partial charge is 0.368 e. The number of hydrogen-bond donors (Lipinski definition) is 1. The molecular formula is C10H10ClN5. The molecule has 1 aliphatic carbocycles. The van der Waals surface area contributed by atoms with Crippen LogP contribution < -0.4 is 5.73 Å². The summed E-state index contributed by atoms with van der Waals surface area (Å²) in [5, 5.41) is 4.87. The van der Waals surface area contributed by atoms with E-state index < -0.39 is 0 Å². The van der Waals surface area contributed by atoms with Crippen molar-refractivity contribution in [2.45, 2.75) is 18.8 Å². The fraction of sp³-hybridized carbons (Fsp3) is 0.300. The molecule has 2 heterocycles. The molecule has 2 aromatic heterocycles. The van der Waals surface area contributed by atoms with E-state index in [1.165, 1.54) is 19.0 Å². The van der Waals surface area contributed by atoms with Gasteiger partial charge >= 0.3 is 0 Å². The van der Waals surface area contributed by atoms with Crippen molar-refractivity contribution in [2.75, 3.05) is 5.73 Å². The van der Waals surface area contributed by atoms with Gasteiger partial charge < -0.3 is 5.73 Å². The molecule has 5 nitrogen and oxygen atoms in total. The first-order valence-corrected chi connectivity index (χ1v) is 5.46. The molecule has 0 unspecified atom stereocenters. The normalized spacial score (nSPS) is 15.3. The van der Waals surface area contributed by atoms with Crippen LogP contribution in [0, 0.1) is 0 Å². The number of hydrogen-bond acceptors (Lipinski definition) is 4. The molecule has 2 N–H and O–H groups in total. The molecule has 0 aromatic carbocycles. The minimum absolute atomic E-state index is 0.197. The summed E-state index contributed by atoms with van der Waals surface area (Å²) in [5.41, 5.74) is 6.61. The van der Waals surface area contributed by atoms with Crippen LogP contribution in [0.25, 0.3) is 5.82 Å². The molecule has 82 valence electrons. The number of halogens is 1. The Bertz CT molecular complexity index is 532. The first-order chi connectivity index (χ1) is 7.74. The van der Waals surface area contributed by atoms with Gasteiger partial charge in [-0.25, -0.2) is 9.67 Å². The number of anilines is 1. The van der Waals surface area contributed by atoms with Crippen LogP contribution in [0.5, 0.6) is 0 Å². The molecule has 1 saturated carbocycles. The van der Waals surface area contributed by atoms with Gasteiger partial charge in [-0.2, -0.15) is 10.1 Å². The number of nitrogens with two attached hydrogens (primary N) is 1. The van der Waals surface area contributed by atoms with Crippen LogP contribution in [0.3, 0.4) is 0 Å². The molecule has 16 heavy (non-hydrogen) atoms. The van der Waals surface area contributed by atoms with Crippen LogP contribution in [0.15, 0.2) is 18.5 Å². The van der Waals surface area contributed by atoms with Crippen LogP contribution in [0.4, 0.5) is 5.95 Å². The van der Waals surface area contributed by atoms with Crippen LogP contribution in [-0.2, 0) is 0 Å². The number of nitrogens with zero attached hydrogens (tertiary/aromatic N) is 4. The van der Waals surface area contributed by atoms with Crippen LogP contribution in [0.1, 0.15) is 24.5 Å². The summed E-state index contributed by atoms with van der Waals surface area (Å²) in [4.78, 5) is 7.88. The van der Waals surface area contributed by atoms with Crippen molar-refractivity contribution < 1.29 is 0 Å². The Labute approximate surface area is 97.3 Å². The van der Waals surface area contributed by atoms with Gasteiger partial charge in [0.05, 0.1) is 11.9 Å². The molecule has 1 aliphatic rings. The van der Waals surface area contributed by atoms with Gasteiger partial charge in [-0.1, -0.05) is 11.6 Å². The second kappa shape index (κ2) is 3.45. The van der Waals surface area contributed by atoms with Crippen molar-refractivity contribution in [3.8, 4) is 5.82 Å². The Kier molecular flexibility index (Phi) is 2.07. The smallest absolute Gasteiger partial charge is 0.222 e. The fourth-order valence-corrected chi connectivity index (χ4v) is 1.76. The highest BCUT2D eigenvalue weighted by Crippen LogP contribution is 2.39. The molecule has 1 fully saturated rings. The SMILES string of the molecule is Nc1ncc(Cl)c(-n2ccc(C3CC3)n2)n1. The monoisotopic (exact) mass is 235 g/mol. The van der Waals surface area contributed by atoms with E-state index in [2.05, 4.69) is 15.1 Å². The quantitative estimate of drug-likeness (QED) is 0.861. The van der Waals surface area contributed by atoms with Gasteiger partial charge in [-0.05, 0) is 18.9 Å². The van der Waals surface area contributed by atoms with E-state index in [9.17, 15) is 0 Å². The van der Waals surface area contributed by atoms with Crippen molar-refractivity contribution in [1.29, 1.82) is 0 Å². The maximum Gasteiger partial charge on any atom is 0.222 e. The minimum atomic E-state index is 0.197. The Balaban J connectivity index is 2.03. The third-order valence-corrected chi connectivity index (χ3v) is 2.83. The zero-order valence-corrected chi connectivity index (χ0v) is 9.22. The molecule has 6 heteroatoms. The van der Waals surface area contributed by atoms with E-state index in [1.54, 1.807) is 4.68 Å². The lowest BCUT2D eigenvalue weighted by molar-refractivity contribution is 0.810. The standard InChI is InChI=1S/C10H10ClN5/c11-7-5-13-10(12)14-9(7)16-4-3-8(15-16)6-1-2-6/h3-6H,1-2H2,(H2,12,13,14). The van der Waals surface area contributed by atoms with Crippen molar-refractivity contribution in [3.05, 3.63) is 29.2 Å².